The van der Waals surface area contributed by atoms with Crippen molar-refractivity contribution in [3.63, 3.8) is 0 Å². The Morgan fingerprint density at radius 3 is 2.68 bits per heavy atom. The van der Waals surface area contributed by atoms with Gasteiger partial charge in [-0.05, 0) is 13.3 Å². The van der Waals surface area contributed by atoms with Crippen molar-refractivity contribution in [3.8, 4) is 0 Å². The van der Waals surface area contributed by atoms with Crippen LogP contribution in [0.15, 0.2) is 0 Å². The van der Waals surface area contributed by atoms with Crippen LogP contribution in [-0.2, 0) is 14.3 Å². The normalized spacial score (nSPS) is 14.1. The average molecular weight is 276 g/mol. The van der Waals surface area contributed by atoms with Crippen molar-refractivity contribution in [2.45, 2.75) is 38.9 Å². The van der Waals surface area contributed by atoms with Gasteiger partial charge >= 0.3 is 0 Å². The smallest absolute Gasteiger partial charge is 0.221 e. The van der Waals surface area contributed by atoms with Crippen LogP contribution in [0.25, 0.3) is 0 Å². The van der Waals surface area contributed by atoms with E-state index in [2.05, 4.69) is 10.6 Å². The largest absolute Gasteiger partial charge is 0.389 e. The van der Waals surface area contributed by atoms with Crippen molar-refractivity contribution in [2.75, 3.05) is 40.0 Å². The van der Waals surface area contributed by atoms with E-state index in [1.807, 2.05) is 13.8 Å². The lowest BCUT2D eigenvalue weighted by Crippen LogP contribution is -2.34. The predicted octanol–water partition coefficient (Wildman–Crippen LogP) is -0.0953. The molecule has 1 amide bonds. The van der Waals surface area contributed by atoms with E-state index in [0.29, 0.717) is 32.7 Å². The summed E-state index contributed by atoms with van der Waals surface area (Å²) in [4.78, 5) is 11.3. The summed E-state index contributed by atoms with van der Waals surface area (Å²) < 4.78 is 10.3. The molecule has 6 nitrogen and oxygen atoms in total. The molecule has 0 saturated heterocycles. The third-order valence-electron chi connectivity index (χ3n) is 2.46. The first-order valence-corrected chi connectivity index (χ1v) is 6.86. The van der Waals surface area contributed by atoms with Crippen molar-refractivity contribution < 1.29 is 19.4 Å². The first kappa shape index (κ1) is 18.3. The number of methoxy groups -OCH3 is 1. The van der Waals surface area contributed by atoms with Gasteiger partial charge in [-0.15, -0.1) is 0 Å². The maximum atomic E-state index is 11.3. The second kappa shape index (κ2) is 12.3. The molecule has 6 heteroatoms. The first-order chi connectivity index (χ1) is 9.10. The third kappa shape index (κ3) is 12.1. The van der Waals surface area contributed by atoms with Crippen molar-refractivity contribution >= 4 is 5.91 Å². The average Bonchev–Trinajstić information content (AvgIpc) is 2.39. The molecule has 0 aliphatic rings. The molecule has 0 rings (SSSR count). The zero-order chi connectivity index (χ0) is 14.5. The molecule has 0 bridgehead atoms. The SMILES string of the molecule is CCCNC(=O)CCNCC(O)COC(C)COC. The molecule has 0 aromatic rings. The minimum Gasteiger partial charge on any atom is -0.389 e. The van der Waals surface area contributed by atoms with Gasteiger partial charge in [-0.1, -0.05) is 6.92 Å². The lowest BCUT2D eigenvalue weighted by Gasteiger charge is -2.16. The molecule has 0 spiro atoms. The molecule has 114 valence electrons. The van der Waals surface area contributed by atoms with Gasteiger partial charge < -0.3 is 25.2 Å². The second-order valence-electron chi connectivity index (χ2n) is 4.56. The van der Waals surface area contributed by atoms with Gasteiger partial charge in [0.1, 0.15) is 0 Å². The number of carbonyl (C=O) groups is 1. The highest BCUT2D eigenvalue weighted by Crippen LogP contribution is 1.93. The fourth-order valence-electron chi connectivity index (χ4n) is 1.44. The van der Waals surface area contributed by atoms with Gasteiger partial charge in [-0.3, -0.25) is 4.79 Å². The zero-order valence-corrected chi connectivity index (χ0v) is 12.3. The van der Waals surface area contributed by atoms with Crippen LogP contribution < -0.4 is 10.6 Å². The minimum atomic E-state index is -0.571. The molecule has 0 aromatic heterocycles. The van der Waals surface area contributed by atoms with Gasteiger partial charge in [-0.2, -0.15) is 0 Å². The summed E-state index contributed by atoms with van der Waals surface area (Å²) in [6.07, 6.45) is 0.764. The highest BCUT2D eigenvalue weighted by molar-refractivity contribution is 5.75. The fraction of sp³-hybridized carbons (Fsp3) is 0.923. The molecule has 3 N–H and O–H groups in total. The number of aliphatic hydroxyl groups excluding tert-OH is 1. The maximum Gasteiger partial charge on any atom is 0.221 e. The fourth-order valence-corrected chi connectivity index (χ4v) is 1.44. The Kier molecular flexibility index (Phi) is 11.9. The van der Waals surface area contributed by atoms with E-state index in [1.165, 1.54) is 0 Å². The number of hydrogen-bond donors (Lipinski definition) is 3. The molecule has 0 saturated carbocycles. The zero-order valence-electron chi connectivity index (χ0n) is 12.3. The van der Waals surface area contributed by atoms with Crippen LogP contribution in [0, 0.1) is 0 Å². The first-order valence-electron chi connectivity index (χ1n) is 6.86. The third-order valence-corrected chi connectivity index (χ3v) is 2.46. The predicted molar refractivity (Wildman–Crippen MR) is 74.1 cm³/mol. The van der Waals surface area contributed by atoms with Crippen molar-refractivity contribution in [2.24, 2.45) is 0 Å². The number of nitrogens with one attached hydrogen (secondary N) is 2. The summed E-state index contributed by atoms with van der Waals surface area (Å²) in [6.45, 7) is 6.37. The van der Waals surface area contributed by atoms with Crippen LogP contribution in [-0.4, -0.2) is 63.2 Å². The number of amides is 1. The number of carbonyl (C=O) groups excluding carboxylic acids is 1. The molecular formula is C13H28N2O4. The molecule has 19 heavy (non-hydrogen) atoms. The van der Waals surface area contributed by atoms with E-state index in [9.17, 15) is 9.90 Å². The van der Waals surface area contributed by atoms with E-state index in [1.54, 1.807) is 7.11 Å². The summed E-state index contributed by atoms with van der Waals surface area (Å²) >= 11 is 0. The van der Waals surface area contributed by atoms with Crippen LogP contribution in [0.5, 0.6) is 0 Å². The molecule has 0 fully saturated rings. The number of ether oxygens (including phenoxy) is 2. The summed E-state index contributed by atoms with van der Waals surface area (Å²) in [5, 5.41) is 15.5. The van der Waals surface area contributed by atoms with Gasteiger partial charge in [0.05, 0.1) is 25.4 Å². The summed E-state index contributed by atoms with van der Waals surface area (Å²) in [5.74, 6) is 0.0359. The van der Waals surface area contributed by atoms with Gasteiger partial charge in [-0.25, -0.2) is 0 Å². The second-order valence-corrected chi connectivity index (χ2v) is 4.56. The van der Waals surface area contributed by atoms with E-state index >= 15 is 0 Å². The van der Waals surface area contributed by atoms with Crippen LogP contribution in [0.2, 0.25) is 0 Å². The molecule has 2 unspecified atom stereocenters. The molecular weight excluding hydrogens is 248 g/mol. The topological polar surface area (TPSA) is 79.8 Å². The molecule has 2 atom stereocenters. The molecule has 0 radical (unpaired) electrons. The van der Waals surface area contributed by atoms with E-state index in [0.717, 1.165) is 6.42 Å². The lowest BCUT2D eigenvalue weighted by atomic mass is 10.3. The van der Waals surface area contributed by atoms with Crippen LogP contribution >= 0.6 is 0 Å². The van der Waals surface area contributed by atoms with Crippen molar-refractivity contribution in [3.05, 3.63) is 0 Å². The number of aliphatic hydroxyl groups is 1. The van der Waals surface area contributed by atoms with E-state index in [-0.39, 0.29) is 18.6 Å². The van der Waals surface area contributed by atoms with Crippen LogP contribution in [0.1, 0.15) is 26.7 Å². The summed E-state index contributed by atoms with van der Waals surface area (Å²) in [7, 11) is 1.61. The van der Waals surface area contributed by atoms with E-state index < -0.39 is 6.10 Å². The van der Waals surface area contributed by atoms with E-state index in [4.69, 9.17) is 9.47 Å². The Morgan fingerprint density at radius 2 is 2.05 bits per heavy atom. The Labute approximate surface area is 115 Å². The Hall–Kier alpha value is -0.690. The molecule has 0 aliphatic carbocycles. The lowest BCUT2D eigenvalue weighted by molar-refractivity contribution is -0.121. The maximum absolute atomic E-state index is 11.3. The van der Waals surface area contributed by atoms with Gasteiger partial charge in [0.2, 0.25) is 5.91 Å². The Bertz CT molecular complexity index is 227. The summed E-state index contributed by atoms with van der Waals surface area (Å²) in [6, 6.07) is 0. The number of rotatable bonds is 12. The summed E-state index contributed by atoms with van der Waals surface area (Å²) in [5.41, 5.74) is 0. The van der Waals surface area contributed by atoms with Crippen molar-refractivity contribution in [1.82, 2.24) is 10.6 Å². The molecule has 0 heterocycles. The standard InChI is InChI=1S/C13H28N2O4/c1-4-6-15-13(17)5-7-14-8-12(16)10-19-11(2)9-18-3/h11-12,14,16H,4-10H2,1-3H3,(H,15,17). The quantitative estimate of drug-likeness (QED) is 0.434. The van der Waals surface area contributed by atoms with Gasteiger partial charge in [0, 0.05) is 33.2 Å². The molecule has 0 aliphatic heterocycles. The van der Waals surface area contributed by atoms with Crippen LogP contribution in [0.3, 0.4) is 0 Å². The minimum absolute atomic E-state index is 0.0283. The monoisotopic (exact) mass is 276 g/mol. The van der Waals surface area contributed by atoms with Gasteiger partial charge in [0.25, 0.3) is 0 Å². The van der Waals surface area contributed by atoms with Crippen molar-refractivity contribution in [1.29, 1.82) is 0 Å². The Morgan fingerprint density at radius 1 is 1.32 bits per heavy atom. The molecule has 0 aromatic carbocycles. The number of hydrogen-bond acceptors (Lipinski definition) is 5. The van der Waals surface area contributed by atoms with Gasteiger partial charge in [0.15, 0.2) is 0 Å². The highest BCUT2D eigenvalue weighted by Gasteiger charge is 2.08. The Balaban J connectivity index is 3.42. The van der Waals surface area contributed by atoms with Crippen LogP contribution in [0.4, 0.5) is 0 Å². The highest BCUT2D eigenvalue weighted by atomic mass is 16.5.